The first-order valence-corrected chi connectivity index (χ1v) is 5.47. The monoisotopic (exact) mass is 256 g/mol. The van der Waals surface area contributed by atoms with Crippen molar-refractivity contribution in [3.8, 4) is 0 Å². The number of ether oxygens (including phenoxy) is 2. The van der Waals surface area contributed by atoms with Gasteiger partial charge >= 0.3 is 5.97 Å². The number of benzene rings is 1. The van der Waals surface area contributed by atoms with E-state index >= 15 is 0 Å². The molecule has 1 saturated heterocycles. The van der Waals surface area contributed by atoms with Gasteiger partial charge in [-0.3, -0.25) is 0 Å². The number of aliphatic hydroxyl groups is 2. The highest BCUT2D eigenvalue weighted by Crippen LogP contribution is 2.22. The van der Waals surface area contributed by atoms with E-state index in [0.29, 0.717) is 5.56 Å². The van der Waals surface area contributed by atoms with E-state index in [-0.39, 0.29) is 6.61 Å². The number of rotatable bonds is 3. The molecule has 0 spiro atoms. The van der Waals surface area contributed by atoms with Gasteiger partial charge in [-0.25, -0.2) is 9.18 Å². The van der Waals surface area contributed by atoms with Gasteiger partial charge in [0.25, 0.3) is 0 Å². The van der Waals surface area contributed by atoms with Crippen LogP contribution in [0.5, 0.6) is 0 Å². The third kappa shape index (κ3) is 2.66. The van der Waals surface area contributed by atoms with Gasteiger partial charge in [0, 0.05) is 0 Å². The summed E-state index contributed by atoms with van der Waals surface area (Å²) in [6, 6.07) is 8.23. The Hall–Kier alpha value is -1.50. The van der Waals surface area contributed by atoms with Crippen LogP contribution in [0.2, 0.25) is 0 Å². The zero-order chi connectivity index (χ0) is 13.1. The van der Waals surface area contributed by atoms with Crippen LogP contribution in [0.1, 0.15) is 10.4 Å². The molecule has 0 radical (unpaired) electrons. The molecule has 1 fully saturated rings. The minimum Gasteiger partial charge on any atom is -0.459 e. The largest absolute Gasteiger partial charge is 0.459 e. The zero-order valence-electron chi connectivity index (χ0n) is 9.40. The number of alkyl halides is 1. The van der Waals surface area contributed by atoms with Crippen molar-refractivity contribution in [2.45, 2.75) is 24.7 Å². The number of carbonyl (C=O) groups excluding carboxylic acids is 1. The number of halogens is 1. The number of hydrogen-bond acceptors (Lipinski definition) is 5. The van der Waals surface area contributed by atoms with Crippen molar-refractivity contribution in [2.24, 2.45) is 0 Å². The second-order valence-electron chi connectivity index (χ2n) is 3.96. The Bertz CT molecular complexity index is 410. The highest BCUT2D eigenvalue weighted by Gasteiger charge is 2.43. The molecular weight excluding hydrogens is 243 g/mol. The third-order valence-corrected chi connectivity index (χ3v) is 2.68. The molecule has 0 saturated carbocycles. The molecule has 0 bridgehead atoms. The van der Waals surface area contributed by atoms with Gasteiger partial charge in [0.15, 0.2) is 12.5 Å². The molecule has 0 amide bonds. The molecule has 18 heavy (non-hydrogen) atoms. The predicted molar refractivity (Wildman–Crippen MR) is 58.5 cm³/mol. The Morgan fingerprint density at radius 1 is 1.33 bits per heavy atom. The molecule has 1 heterocycles. The molecule has 1 aliphatic rings. The van der Waals surface area contributed by atoms with Crippen LogP contribution in [0, 0.1) is 0 Å². The van der Waals surface area contributed by atoms with Gasteiger partial charge < -0.3 is 19.7 Å². The maximum atomic E-state index is 13.4. The molecule has 1 aromatic carbocycles. The van der Waals surface area contributed by atoms with Gasteiger partial charge in [0.1, 0.15) is 18.8 Å². The predicted octanol–water partition coefficient (Wildman–Crippen LogP) is 0.260. The van der Waals surface area contributed by atoms with Crippen molar-refractivity contribution in [2.75, 3.05) is 6.61 Å². The second-order valence-corrected chi connectivity index (χ2v) is 3.96. The number of carbonyl (C=O) groups is 1. The van der Waals surface area contributed by atoms with Gasteiger partial charge in [0.05, 0.1) is 5.56 Å². The fraction of sp³-hybridized carbons (Fsp3) is 0.417. The lowest BCUT2D eigenvalue weighted by Gasteiger charge is -2.12. The first kappa shape index (κ1) is 12.9. The van der Waals surface area contributed by atoms with E-state index in [1.54, 1.807) is 30.3 Å². The Morgan fingerprint density at radius 3 is 2.56 bits per heavy atom. The van der Waals surface area contributed by atoms with E-state index in [1.807, 2.05) is 0 Å². The quantitative estimate of drug-likeness (QED) is 0.759. The second kappa shape index (κ2) is 5.43. The van der Waals surface area contributed by atoms with E-state index in [0.717, 1.165) is 0 Å². The van der Waals surface area contributed by atoms with Gasteiger partial charge in [-0.1, -0.05) is 18.2 Å². The van der Waals surface area contributed by atoms with Gasteiger partial charge in [-0.2, -0.15) is 0 Å². The van der Waals surface area contributed by atoms with Crippen LogP contribution in [0.3, 0.4) is 0 Å². The van der Waals surface area contributed by atoms with E-state index in [9.17, 15) is 9.18 Å². The van der Waals surface area contributed by atoms with Crippen molar-refractivity contribution in [3.05, 3.63) is 35.9 Å². The minimum atomic E-state index is -1.77. The summed E-state index contributed by atoms with van der Waals surface area (Å²) in [7, 11) is 0. The molecule has 98 valence electrons. The summed E-state index contributed by atoms with van der Waals surface area (Å²) in [6.07, 6.45) is -6.11. The standard InChI is InChI=1S/C12H13FO5/c13-9-8(18-12(16)10(9)14)6-17-11(15)7-4-2-1-3-5-7/h1-5,8-10,12,14,16H,6H2/t8?,9-,10+,12-/m0/s1. The van der Waals surface area contributed by atoms with Crippen LogP contribution < -0.4 is 0 Å². The minimum absolute atomic E-state index is 0.340. The van der Waals surface area contributed by atoms with Crippen LogP contribution in [0.25, 0.3) is 0 Å². The van der Waals surface area contributed by atoms with Gasteiger partial charge in [-0.05, 0) is 12.1 Å². The normalized spacial score (nSPS) is 31.3. The lowest BCUT2D eigenvalue weighted by Crippen LogP contribution is -2.31. The highest BCUT2D eigenvalue weighted by atomic mass is 19.1. The maximum absolute atomic E-state index is 13.4. The van der Waals surface area contributed by atoms with Gasteiger partial charge in [0.2, 0.25) is 0 Å². The molecule has 6 heteroatoms. The molecule has 1 aromatic rings. The average Bonchev–Trinajstić information content (AvgIpc) is 2.64. The average molecular weight is 256 g/mol. The summed E-state index contributed by atoms with van der Waals surface area (Å²) in [6.45, 7) is -0.358. The van der Waals surface area contributed by atoms with Crippen molar-refractivity contribution in [1.29, 1.82) is 0 Å². The molecule has 2 N–H and O–H groups in total. The van der Waals surface area contributed by atoms with Crippen LogP contribution in [0.15, 0.2) is 30.3 Å². The van der Waals surface area contributed by atoms with E-state index < -0.39 is 30.6 Å². The molecule has 2 rings (SSSR count). The van der Waals surface area contributed by atoms with Gasteiger partial charge in [-0.15, -0.1) is 0 Å². The fourth-order valence-corrected chi connectivity index (χ4v) is 1.66. The first-order valence-electron chi connectivity index (χ1n) is 5.47. The number of hydrogen-bond donors (Lipinski definition) is 2. The van der Waals surface area contributed by atoms with Crippen LogP contribution in [-0.2, 0) is 9.47 Å². The Kier molecular flexibility index (Phi) is 3.90. The molecule has 1 unspecified atom stereocenters. The maximum Gasteiger partial charge on any atom is 0.338 e. The lowest BCUT2D eigenvalue weighted by molar-refractivity contribution is -0.133. The Balaban J connectivity index is 1.88. The molecule has 0 aromatic heterocycles. The molecule has 0 aliphatic carbocycles. The van der Waals surface area contributed by atoms with E-state index in [2.05, 4.69) is 0 Å². The molecular formula is C12H13FO5. The molecule has 4 atom stereocenters. The lowest BCUT2D eigenvalue weighted by atomic mass is 10.2. The topological polar surface area (TPSA) is 76.0 Å². The van der Waals surface area contributed by atoms with Crippen molar-refractivity contribution in [1.82, 2.24) is 0 Å². The van der Waals surface area contributed by atoms with E-state index in [4.69, 9.17) is 19.7 Å². The van der Waals surface area contributed by atoms with Crippen LogP contribution in [-0.4, -0.2) is 47.5 Å². The molecule has 1 aliphatic heterocycles. The van der Waals surface area contributed by atoms with Crippen molar-refractivity contribution >= 4 is 5.97 Å². The molecule has 5 nitrogen and oxygen atoms in total. The summed E-state index contributed by atoms with van der Waals surface area (Å²) < 4.78 is 22.9. The smallest absolute Gasteiger partial charge is 0.338 e. The number of aliphatic hydroxyl groups excluding tert-OH is 2. The summed E-state index contributed by atoms with van der Waals surface area (Å²) >= 11 is 0. The Morgan fingerprint density at radius 2 is 2.00 bits per heavy atom. The SMILES string of the molecule is O=C(OCC1O[C@H](O)[C@H](O)[C@H]1F)c1ccccc1. The van der Waals surface area contributed by atoms with E-state index in [1.165, 1.54) is 0 Å². The van der Waals surface area contributed by atoms with Crippen molar-refractivity contribution in [3.63, 3.8) is 0 Å². The summed E-state index contributed by atoms with van der Waals surface area (Å²) in [5.74, 6) is -0.609. The zero-order valence-corrected chi connectivity index (χ0v) is 9.40. The summed E-state index contributed by atoms with van der Waals surface area (Å²) in [5.41, 5.74) is 0.340. The number of esters is 1. The third-order valence-electron chi connectivity index (χ3n) is 2.68. The Labute approximate surface area is 103 Å². The van der Waals surface area contributed by atoms with Crippen LogP contribution in [0.4, 0.5) is 4.39 Å². The first-order chi connectivity index (χ1) is 8.59. The summed E-state index contributed by atoms with van der Waals surface area (Å²) in [4.78, 5) is 11.5. The summed E-state index contributed by atoms with van der Waals surface area (Å²) in [5, 5.41) is 18.2. The van der Waals surface area contributed by atoms with Crippen molar-refractivity contribution < 1.29 is 28.9 Å². The highest BCUT2D eigenvalue weighted by molar-refractivity contribution is 5.89. The fourth-order valence-electron chi connectivity index (χ4n) is 1.66. The van der Waals surface area contributed by atoms with Crippen LogP contribution >= 0.6 is 0 Å².